The normalized spacial score (nSPS) is 28.1. The lowest BCUT2D eigenvalue weighted by atomic mass is 9.78. The van der Waals surface area contributed by atoms with Crippen LogP contribution < -0.4 is 0 Å². The molecular formula is C13H29N. The first kappa shape index (κ1) is 14.0. The van der Waals surface area contributed by atoms with Crippen molar-refractivity contribution >= 4 is 0 Å². The van der Waals surface area contributed by atoms with Gasteiger partial charge in [0.15, 0.2) is 0 Å². The van der Waals surface area contributed by atoms with E-state index < -0.39 is 0 Å². The summed E-state index contributed by atoms with van der Waals surface area (Å²) in [6.45, 7) is 18.3. The van der Waals surface area contributed by atoms with Gasteiger partial charge in [0, 0.05) is 12.6 Å². The van der Waals surface area contributed by atoms with E-state index in [4.69, 9.17) is 0 Å². The van der Waals surface area contributed by atoms with Crippen LogP contribution in [0.3, 0.4) is 0 Å². The molecule has 1 saturated heterocycles. The Bertz CT molecular complexity index is 151. The molecule has 14 heavy (non-hydrogen) atoms. The van der Waals surface area contributed by atoms with Gasteiger partial charge in [0.25, 0.3) is 0 Å². The fourth-order valence-electron chi connectivity index (χ4n) is 1.93. The van der Waals surface area contributed by atoms with Crippen molar-refractivity contribution in [3.63, 3.8) is 0 Å². The van der Waals surface area contributed by atoms with Gasteiger partial charge in [0.05, 0.1) is 0 Å². The third-order valence-corrected chi connectivity index (χ3v) is 3.66. The Balaban J connectivity index is 0.000000791. The highest BCUT2D eigenvalue weighted by Crippen LogP contribution is 2.37. The molecule has 1 heterocycles. The molecule has 1 fully saturated rings. The van der Waals surface area contributed by atoms with Crippen molar-refractivity contribution < 1.29 is 0 Å². The topological polar surface area (TPSA) is 3.24 Å². The van der Waals surface area contributed by atoms with Crippen LogP contribution in [0.25, 0.3) is 0 Å². The van der Waals surface area contributed by atoms with E-state index in [0.717, 1.165) is 12.0 Å². The lowest BCUT2D eigenvalue weighted by Gasteiger charge is -2.30. The summed E-state index contributed by atoms with van der Waals surface area (Å²) in [7, 11) is 0. The maximum Gasteiger partial charge on any atom is 0.00410 e. The summed E-state index contributed by atoms with van der Waals surface area (Å²) in [6.07, 6.45) is 1.38. The number of hydrogen-bond acceptors (Lipinski definition) is 1. The maximum atomic E-state index is 2.60. The second kappa shape index (κ2) is 5.75. The third kappa shape index (κ3) is 3.27. The highest BCUT2D eigenvalue weighted by atomic mass is 15.2. The predicted molar refractivity (Wildman–Crippen MR) is 65.6 cm³/mol. The molecule has 0 aromatic carbocycles. The van der Waals surface area contributed by atoms with Crippen LogP contribution in [0.5, 0.6) is 0 Å². The summed E-state index contributed by atoms with van der Waals surface area (Å²) < 4.78 is 0. The molecule has 1 unspecified atom stereocenters. The Morgan fingerprint density at radius 1 is 1.07 bits per heavy atom. The second-order valence-corrected chi connectivity index (χ2v) is 5.12. The van der Waals surface area contributed by atoms with Gasteiger partial charge < -0.3 is 4.90 Å². The van der Waals surface area contributed by atoms with Gasteiger partial charge >= 0.3 is 0 Å². The second-order valence-electron chi connectivity index (χ2n) is 5.12. The zero-order valence-corrected chi connectivity index (χ0v) is 11.2. The van der Waals surface area contributed by atoms with Crippen molar-refractivity contribution in [3.05, 3.63) is 0 Å². The van der Waals surface area contributed by atoms with Crippen molar-refractivity contribution in [3.8, 4) is 0 Å². The molecule has 1 atom stereocenters. The SMILES string of the molecule is CC.CC(C)N1CCC(C)(C(C)C)C1. The Morgan fingerprint density at radius 3 is 1.79 bits per heavy atom. The minimum Gasteiger partial charge on any atom is -0.300 e. The summed E-state index contributed by atoms with van der Waals surface area (Å²) in [6, 6.07) is 0.727. The fraction of sp³-hybridized carbons (Fsp3) is 1.00. The molecule has 0 aromatic heterocycles. The van der Waals surface area contributed by atoms with Crippen LogP contribution in [0, 0.1) is 11.3 Å². The van der Waals surface area contributed by atoms with E-state index in [-0.39, 0.29) is 0 Å². The highest BCUT2D eigenvalue weighted by molar-refractivity contribution is 4.89. The zero-order chi connectivity index (χ0) is 11.4. The summed E-state index contributed by atoms with van der Waals surface area (Å²) in [4.78, 5) is 2.60. The average Bonchev–Trinajstić information content (AvgIpc) is 2.53. The van der Waals surface area contributed by atoms with E-state index in [1.54, 1.807) is 0 Å². The van der Waals surface area contributed by atoms with Crippen molar-refractivity contribution in [1.29, 1.82) is 0 Å². The quantitative estimate of drug-likeness (QED) is 0.654. The first-order valence-corrected chi connectivity index (χ1v) is 6.20. The number of nitrogens with zero attached hydrogens (tertiary/aromatic N) is 1. The molecule has 0 radical (unpaired) electrons. The van der Waals surface area contributed by atoms with Gasteiger partial charge in [-0.3, -0.25) is 0 Å². The summed E-state index contributed by atoms with van der Waals surface area (Å²) in [5, 5.41) is 0. The van der Waals surface area contributed by atoms with Crippen molar-refractivity contribution in [2.75, 3.05) is 13.1 Å². The van der Waals surface area contributed by atoms with Crippen LogP contribution >= 0.6 is 0 Å². The molecule has 0 N–H and O–H groups in total. The van der Waals surface area contributed by atoms with E-state index >= 15 is 0 Å². The molecule has 1 aliphatic heterocycles. The van der Waals surface area contributed by atoms with E-state index in [0.29, 0.717) is 5.41 Å². The Labute approximate surface area is 90.9 Å². The Hall–Kier alpha value is -0.0400. The lowest BCUT2D eigenvalue weighted by Crippen LogP contribution is -2.32. The smallest absolute Gasteiger partial charge is 0.00410 e. The van der Waals surface area contributed by atoms with Crippen LogP contribution in [0.15, 0.2) is 0 Å². The number of rotatable bonds is 2. The van der Waals surface area contributed by atoms with Gasteiger partial charge in [-0.05, 0) is 38.1 Å². The minimum atomic E-state index is 0.574. The first-order chi connectivity index (χ1) is 6.46. The molecule has 0 spiro atoms. The van der Waals surface area contributed by atoms with Crippen LogP contribution in [-0.2, 0) is 0 Å². The van der Waals surface area contributed by atoms with Crippen LogP contribution in [0.4, 0.5) is 0 Å². The van der Waals surface area contributed by atoms with E-state index in [1.807, 2.05) is 13.8 Å². The lowest BCUT2D eigenvalue weighted by molar-refractivity contribution is 0.190. The Morgan fingerprint density at radius 2 is 1.57 bits per heavy atom. The molecule has 1 heteroatoms. The van der Waals surface area contributed by atoms with Crippen LogP contribution in [0.2, 0.25) is 0 Å². The first-order valence-electron chi connectivity index (χ1n) is 6.20. The highest BCUT2D eigenvalue weighted by Gasteiger charge is 2.36. The molecule has 0 bridgehead atoms. The summed E-state index contributed by atoms with van der Waals surface area (Å²) >= 11 is 0. The molecule has 1 nitrogen and oxygen atoms in total. The molecular weight excluding hydrogens is 170 g/mol. The Kier molecular flexibility index (Phi) is 5.73. The van der Waals surface area contributed by atoms with Gasteiger partial charge in [-0.15, -0.1) is 0 Å². The predicted octanol–water partition coefficient (Wildman–Crippen LogP) is 3.79. The van der Waals surface area contributed by atoms with Crippen LogP contribution in [0.1, 0.15) is 54.9 Å². The van der Waals surface area contributed by atoms with Crippen molar-refractivity contribution in [1.82, 2.24) is 4.90 Å². The van der Waals surface area contributed by atoms with Crippen LogP contribution in [-0.4, -0.2) is 24.0 Å². The third-order valence-electron chi connectivity index (χ3n) is 3.66. The largest absolute Gasteiger partial charge is 0.300 e. The average molecular weight is 199 g/mol. The van der Waals surface area contributed by atoms with Gasteiger partial charge in [-0.2, -0.15) is 0 Å². The monoisotopic (exact) mass is 199 g/mol. The zero-order valence-electron chi connectivity index (χ0n) is 11.2. The minimum absolute atomic E-state index is 0.574. The molecule has 1 aliphatic rings. The standard InChI is InChI=1S/C11H23N.C2H6/c1-9(2)11(5)6-7-12(8-11)10(3)4;1-2/h9-10H,6-8H2,1-5H3;1-2H3. The molecule has 0 aromatic rings. The van der Waals surface area contributed by atoms with E-state index in [2.05, 4.69) is 39.5 Å². The maximum absolute atomic E-state index is 2.60. The van der Waals surface area contributed by atoms with Gasteiger partial charge in [0.2, 0.25) is 0 Å². The van der Waals surface area contributed by atoms with Crippen molar-refractivity contribution in [2.24, 2.45) is 11.3 Å². The van der Waals surface area contributed by atoms with E-state index in [9.17, 15) is 0 Å². The summed E-state index contributed by atoms with van der Waals surface area (Å²) in [5.41, 5.74) is 0.574. The van der Waals surface area contributed by atoms with Crippen molar-refractivity contribution in [2.45, 2.75) is 60.9 Å². The fourth-order valence-corrected chi connectivity index (χ4v) is 1.93. The van der Waals surface area contributed by atoms with Gasteiger partial charge in [0.1, 0.15) is 0 Å². The molecule has 0 amide bonds. The summed E-state index contributed by atoms with van der Waals surface area (Å²) in [5.74, 6) is 0.821. The molecule has 1 rings (SSSR count). The molecule has 0 aliphatic carbocycles. The number of hydrogen-bond donors (Lipinski definition) is 0. The van der Waals surface area contributed by atoms with Gasteiger partial charge in [-0.25, -0.2) is 0 Å². The van der Waals surface area contributed by atoms with Gasteiger partial charge in [-0.1, -0.05) is 34.6 Å². The molecule has 0 saturated carbocycles. The molecule has 86 valence electrons. The number of likely N-dealkylation sites (tertiary alicyclic amines) is 1. The van der Waals surface area contributed by atoms with E-state index in [1.165, 1.54) is 19.5 Å².